The van der Waals surface area contributed by atoms with Gasteiger partial charge in [0.2, 0.25) is 17.6 Å². The Morgan fingerprint density at radius 2 is 2.30 bits per heavy atom. The number of rotatable bonds is 8. The fourth-order valence-electron chi connectivity index (χ4n) is 3.23. The zero-order chi connectivity index (χ0) is 18.5. The number of nitrogens with zero attached hydrogens (tertiary/aromatic N) is 5. The highest BCUT2D eigenvalue weighted by atomic mass is 32.1. The second kappa shape index (κ2) is 8.40. The number of H-pyrrole nitrogens is 1. The predicted molar refractivity (Wildman–Crippen MR) is 98.9 cm³/mol. The Morgan fingerprint density at radius 3 is 3.04 bits per heavy atom. The first kappa shape index (κ1) is 17.8. The Balaban J connectivity index is 1.28. The molecule has 3 aromatic heterocycles. The molecule has 0 spiro atoms. The van der Waals surface area contributed by atoms with E-state index < -0.39 is 0 Å². The van der Waals surface area contributed by atoms with E-state index in [-0.39, 0.29) is 11.9 Å². The number of aromatic amines is 1. The van der Waals surface area contributed by atoms with E-state index in [0.29, 0.717) is 36.9 Å². The molecule has 142 valence electrons. The molecule has 0 aliphatic carbocycles. The molecule has 1 aliphatic heterocycles. The average molecular weight is 387 g/mol. The number of carbonyl (C=O) groups is 1. The van der Waals surface area contributed by atoms with Crippen molar-refractivity contribution >= 4 is 17.2 Å². The van der Waals surface area contributed by atoms with E-state index in [1.807, 2.05) is 0 Å². The van der Waals surface area contributed by atoms with Gasteiger partial charge in [0, 0.05) is 24.3 Å². The van der Waals surface area contributed by atoms with E-state index >= 15 is 0 Å². The average Bonchev–Trinajstić information content (AvgIpc) is 3.49. The van der Waals surface area contributed by atoms with Crippen LogP contribution < -0.4 is 5.32 Å². The van der Waals surface area contributed by atoms with Gasteiger partial charge >= 0.3 is 0 Å². The van der Waals surface area contributed by atoms with Gasteiger partial charge in [-0.15, -0.1) is 11.3 Å². The normalized spacial score (nSPS) is 15.9. The number of hydrogen-bond donors (Lipinski definition) is 2. The van der Waals surface area contributed by atoms with Crippen molar-refractivity contribution in [3.63, 3.8) is 0 Å². The fraction of sp³-hybridized carbons (Fsp3) is 0.471. The van der Waals surface area contributed by atoms with Gasteiger partial charge in [-0.1, -0.05) is 11.2 Å². The maximum Gasteiger partial charge on any atom is 0.239 e. The van der Waals surface area contributed by atoms with Crippen molar-refractivity contribution in [1.82, 2.24) is 35.5 Å². The third kappa shape index (κ3) is 4.40. The highest BCUT2D eigenvalue weighted by Crippen LogP contribution is 2.27. The summed E-state index contributed by atoms with van der Waals surface area (Å²) < 4.78 is 5.17. The zero-order valence-corrected chi connectivity index (χ0v) is 15.6. The maximum atomic E-state index is 12.3. The van der Waals surface area contributed by atoms with Crippen LogP contribution >= 0.6 is 11.3 Å². The Hall–Kier alpha value is -2.59. The minimum atomic E-state index is -0.0184. The van der Waals surface area contributed by atoms with Crippen LogP contribution in [0.3, 0.4) is 0 Å². The highest BCUT2D eigenvalue weighted by Gasteiger charge is 2.24. The van der Waals surface area contributed by atoms with Gasteiger partial charge in [-0.25, -0.2) is 4.98 Å². The number of hydrogen-bond acceptors (Lipinski definition) is 8. The van der Waals surface area contributed by atoms with E-state index in [1.54, 1.807) is 11.3 Å². The number of carbonyl (C=O) groups excluding carboxylic acids is 1. The summed E-state index contributed by atoms with van der Waals surface area (Å²) in [5, 5.41) is 15.4. The molecular weight excluding hydrogens is 366 g/mol. The minimum absolute atomic E-state index is 0.0184. The van der Waals surface area contributed by atoms with Gasteiger partial charge in [-0.3, -0.25) is 14.8 Å². The van der Waals surface area contributed by atoms with E-state index in [0.717, 1.165) is 13.1 Å². The van der Waals surface area contributed by atoms with Crippen molar-refractivity contribution in [2.75, 3.05) is 19.6 Å². The number of thiophene rings is 1. The third-order valence-electron chi connectivity index (χ3n) is 4.61. The van der Waals surface area contributed by atoms with Crippen LogP contribution in [0.15, 0.2) is 28.4 Å². The fourth-order valence-corrected chi connectivity index (χ4v) is 4.09. The molecule has 1 amide bonds. The minimum Gasteiger partial charge on any atom is -0.354 e. The summed E-state index contributed by atoms with van der Waals surface area (Å²) in [6, 6.07) is 4.45. The molecule has 0 bridgehead atoms. The van der Waals surface area contributed by atoms with Crippen molar-refractivity contribution in [2.45, 2.75) is 31.7 Å². The molecule has 4 heterocycles. The van der Waals surface area contributed by atoms with Crippen LogP contribution in [0.5, 0.6) is 0 Å². The number of aryl methyl sites for hydroxylation is 1. The van der Waals surface area contributed by atoms with Crippen LogP contribution in [0.25, 0.3) is 11.6 Å². The Kier molecular flexibility index (Phi) is 5.54. The predicted octanol–water partition coefficient (Wildman–Crippen LogP) is 1.80. The molecule has 1 saturated heterocycles. The summed E-state index contributed by atoms with van der Waals surface area (Å²) in [6.45, 7) is 2.79. The van der Waals surface area contributed by atoms with Gasteiger partial charge < -0.3 is 9.84 Å². The molecule has 10 heteroatoms. The lowest BCUT2D eigenvalue weighted by atomic mass is 10.2. The molecular formula is C17H21N7O2S. The van der Waals surface area contributed by atoms with Gasteiger partial charge in [0.15, 0.2) is 5.82 Å². The zero-order valence-electron chi connectivity index (χ0n) is 14.8. The van der Waals surface area contributed by atoms with Gasteiger partial charge in [-0.2, -0.15) is 10.1 Å². The Bertz CT molecular complexity index is 841. The lowest BCUT2D eigenvalue weighted by molar-refractivity contribution is -0.121. The van der Waals surface area contributed by atoms with Crippen LogP contribution in [0.1, 0.15) is 36.1 Å². The Labute approximate surface area is 160 Å². The van der Waals surface area contributed by atoms with Crippen LogP contribution in [-0.2, 0) is 11.2 Å². The third-order valence-corrected chi connectivity index (χ3v) is 5.58. The van der Waals surface area contributed by atoms with Crippen molar-refractivity contribution in [3.8, 4) is 11.6 Å². The number of likely N-dealkylation sites (tertiary alicyclic amines) is 1. The van der Waals surface area contributed by atoms with Crippen molar-refractivity contribution in [1.29, 1.82) is 0 Å². The monoisotopic (exact) mass is 387 g/mol. The lowest BCUT2D eigenvalue weighted by Gasteiger charge is -2.26. The Morgan fingerprint density at radius 1 is 1.41 bits per heavy atom. The van der Waals surface area contributed by atoms with E-state index in [4.69, 9.17) is 4.52 Å². The molecule has 9 nitrogen and oxygen atoms in total. The quantitative estimate of drug-likeness (QED) is 0.606. The lowest BCUT2D eigenvalue weighted by Crippen LogP contribution is -2.36. The van der Waals surface area contributed by atoms with Crippen molar-refractivity contribution < 1.29 is 9.32 Å². The smallest absolute Gasteiger partial charge is 0.239 e. The van der Waals surface area contributed by atoms with E-state index in [9.17, 15) is 4.79 Å². The first-order valence-electron chi connectivity index (χ1n) is 9.02. The van der Waals surface area contributed by atoms with E-state index in [2.05, 4.69) is 53.1 Å². The molecule has 0 aromatic carbocycles. The van der Waals surface area contributed by atoms with Crippen molar-refractivity contribution in [2.24, 2.45) is 0 Å². The number of nitrogens with one attached hydrogen (secondary N) is 2. The van der Waals surface area contributed by atoms with E-state index in [1.165, 1.54) is 24.0 Å². The molecule has 27 heavy (non-hydrogen) atoms. The molecule has 2 N–H and O–H groups in total. The molecule has 0 radical (unpaired) electrons. The van der Waals surface area contributed by atoms with Crippen molar-refractivity contribution in [3.05, 3.63) is 34.6 Å². The topological polar surface area (TPSA) is 113 Å². The molecule has 0 unspecified atom stereocenters. The molecule has 1 fully saturated rings. The second-order valence-electron chi connectivity index (χ2n) is 6.42. The summed E-state index contributed by atoms with van der Waals surface area (Å²) in [5.74, 6) is 1.18. The number of amides is 1. The first-order chi connectivity index (χ1) is 13.3. The second-order valence-corrected chi connectivity index (χ2v) is 7.40. The van der Waals surface area contributed by atoms with Crippen LogP contribution in [0, 0.1) is 0 Å². The summed E-state index contributed by atoms with van der Waals surface area (Å²) in [7, 11) is 0. The van der Waals surface area contributed by atoms with Gasteiger partial charge in [0.25, 0.3) is 0 Å². The van der Waals surface area contributed by atoms with Crippen LogP contribution in [-0.4, -0.2) is 55.8 Å². The highest BCUT2D eigenvalue weighted by molar-refractivity contribution is 7.10. The van der Waals surface area contributed by atoms with Gasteiger partial charge in [0.05, 0.1) is 6.04 Å². The van der Waals surface area contributed by atoms with Crippen LogP contribution in [0.2, 0.25) is 0 Å². The summed E-state index contributed by atoms with van der Waals surface area (Å²) in [5.41, 5.74) is 0. The molecule has 1 atom stereocenters. The molecule has 0 saturated carbocycles. The maximum absolute atomic E-state index is 12.3. The first-order valence-corrected chi connectivity index (χ1v) is 9.90. The summed E-state index contributed by atoms with van der Waals surface area (Å²) in [4.78, 5) is 24.2. The molecule has 1 aliphatic rings. The standard InChI is InChI=1S/C17H21N7O2S/c25-14(5-6-15-21-17(23-26-15)16-19-11-20-22-16)18-10-12(13-4-3-9-27-13)24-7-1-2-8-24/h3-4,9,11-12H,1-2,5-8,10H2,(H,18,25)(H,19,20,22)/t12-/m0/s1. The molecule has 3 aromatic rings. The number of aromatic nitrogens is 5. The SMILES string of the molecule is O=C(CCc1nc(-c2ncn[nH]2)no1)NC[C@@H](c1cccs1)N1CCCC1. The van der Waals surface area contributed by atoms with Crippen LogP contribution in [0.4, 0.5) is 0 Å². The molecule has 4 rings (SSSR count). The van der Waals surface area contributed by atoms with Gasteiger partial charge in [0.1, 0.15) is 6.33 Å². The van der Waals surface area contributed by atoms with Gasteiger partial charge in [-0.05, 0) is 37.4 Å². The summed E-state index contributed by atoms with van der Waals surface area (Å²) >= 11 is 1.74. The summed E-state index contributed by atoms with van der Waals surface area (Å²) in [6.07, 6.45) is 4.51. The largest absolute Gasteiger partial charge is 0.354 e.